The van der Waals surface area contributed by atoms with E-state index in [9.17, 15) is 4.79 Å². The summed E-state index contributed by atoms with van der Waals surface area (Å²) in [6.07, 6.45) is 10.6. The zero-order valence-electron chi connectivity index (χ0n) is 17.1. The predicted molar refractivity (Wildman–Crippen MR) is 104 cm³/mol. The van der Waals surface area contributed by atoms with Gasteiger partial charge in [-0.3, -0.25) is 0 Å². The average Bonchev–Trinajstić information content (AvgIpc) is 2.62. The van der Waals surface area contributed by atoms with Crippen LogP contribution in [0.3, 0.4) is 0 Å². The molecule has 0 aromatic rings. The van der Waals surface area contributed by atoms with Crippen molar-refractivity contribution in [2.45, 2.75) is 78.6 Å². The van der Waals surface area contributed by atoms with E-state index in [1.165, 1.54) is 12.0 Å². The fraction of sp³-hybridized carbons (Fsp3) is 0.682. The Balaban J connectivity index is 1.95. The Bertz CT molecular complexity index is 587. The smallest absolute Gasteiger partial charge is 0.337 e. The molecule has 26 heavy (non-hydrogen) atoms. The molecule has 0 spiro atoms. The molecule has 4 heteroatoms. The standard InChI is InChI=1S/C22H34O4/c1-7-19-15(3)9-11-20(26-19)16(4)12-14(2)8-10-18-13-21(24-6)17(5)22(23)25-18/h8,10,12,14-15,18-20H,7,9,11,13H2,1-6H3/b10-8+,16-12+. The molecular weight excluding hydrogens is 328 g/mol. The van der Waals surface area contributed by atoms with E-state index in [1.54, 1.807) is 14.0 Å². The molecule has 2 rings (SSSR count). The SMILES string of the molecule is CCC1OC(/C(C)=C/C(C)/C=C/C2CC(OC)=C(C)C(=O)O2)CCC1C. The number of allylic oxidation sites excluding steroid dienone is 2. The summed E-state index contributed by atoms with van der Waals surface area (Å²) in [7, 11) is 1.60. The van der Waals surface area contributed by atoms with Gasteiger partial charge in [0.15, 0.2) is 0 Å². The summed E-state index contributed by atoms with van der Waals surface area (Å²) in [5.74, 6) is 1.33. The fourth-order valence-corrected chi connectivity index (χ4v) is 3.78. The lowest BCUT2D eigenvalue weighted by Crippen LogP contribution is -2.34. The topological polar surface area (TPSA) is 44.8 Å². The van der Waals surface area contributed by atoms with Crippen LogP contribution in [-0.4, -0.2) is 31.4 Å². The van der Waals surface area contributed by atoms with E-state index in [2.05, 4.69) is 39.8 Å². The van der Waals surface area contributed by atoms with Crippen molar-refractivity contribution in [3.05, 3.63) is 35.1 Å². The molecule has 1 fully saturated rings. The van der Waals surface area contributed by atoms with Gasteiger partial charge in [0.25, 0.3) is 0 Å². The summed E-state index contributed by atoms with van der Waals surface area (Å²) in [5.41, 5.74) is 1.86. The highest BCUT2D eigenvalue weighted by molar-refractivity contribution is 5.89. The van der Waals surface area contributed by atoms with E-state index in [4.69, 9.17) is 14.2 Å². The van der Waals surface area contributed by atoms with Gasteiger partial charge in [-0.05, 0) is 56.6 Å². The molecule has 0 radical (unpaired) electrons. The first-order chi connectivity index (χ1) is 12.3. The maximum atomic E-state index is 11.9. The Morgan fingerprint density at radius 2 is 2.12 bits per heavy atom. The van der Waals surface area contributed by atoms with Crippen molar-refractivity contribution in [2.75, 3.05) is 7.11 Å². The van der Waals surface area contributed by atoms with Gasteiger partial charge in [0.2, 0.25) is 0 Å². The second kappa shape index (κ2) is 9.40. The molecule has 1 saturated heterocycles. The lowest BCUT2D eigenvalue weighted by molar-refractivity contribution is -0.144. The predicted octanol–water partition coefficient (Wildman–Crippen LogP) is 4.95. The van der Waals surface area contributed by atoms with Crippen molar-refractivity contribution in [1.82, 2.24) is 0 Å². The molecule has 5 atom stereocenters. The van der Waals surface area contributed by atoms with Crippen LogP contribution in [0.1, 0.15) is 60.3 Å². The van der Waals surface area contributed by atoms with Crippen LogP contribution in [0.2, 0.25) is 0 Å². The summed E-state index contributed by atoms with van der Waals surface area (Å²) < 4.78 is 17.0. The molecule has 146 valence electrons. The number of ether oxygens (including phenoxy) is 3. The van der Waals surface area contributed by atoms with Gasteiger partial charge in [-0.25, -0.2) is 4.79 Å². The van der Waals surface area contributed by atoms with E-state index in [0.717, 1.165) is 12.8 Å². The second-order valence-corrected chi connectivity index (χ2v) is 7.68. The molecule has 2 heterocycles. The van der Waals surface area contributed by atoms with Crippen molar-refractivity contribution >= 4 is 5.97 Å². The van der Waals surface area contributed by atoms with Crippen molar-refractivity contribution in [2.24, 2.45) is 11.8 Å². The van der Waals surface area contributed by atoms with Gasteiger partial charge in [0.05, 0.1) is 24.9 Å². The Kier molecular flexibility index (Phi) is 7.51. The molecule has 0 saturated carbocycles. The Hall–Kier alpha value is -1.55. The molecular formula is C22H34O4. The lowest BCUT2D eigenvalue weighted by atomic mass is 9.89. The molecule has 0 aromatic carbocycles. The maximum absolute atomic E-state index is 11.9. The molecule has 5 unspecified atom stereocenters. The molecule has 0 aromatic heterocycles. The van der Waals surface area contributed by atoms with Crippen LogP contribution in [0.4, 0.5) is 0 Å². The van der Waals surface area contributed by atoms with Gasteiger partial charge < -0.3 is 14.2 Å². The van der Waals surface area contributed by atoms with E-state index < -0.39 is 0 Å². The number of carbonyl (C=O) groups is 1. The Morgan fingerprint density at radius 1 is 1.38 bits per heavy atom. The first kappa shape index (κ1) is 20.8. The lowest BCUT2D eigenvalue weighted by Gasteiger charge is -2.35. The van der Waals surface area contributed by atoms with Crippen LogP contribution in [0.25, 0.3) is 0 Å². The second-order valence-electron chi connectivity index (χ2n) is 7.68. The number of cyclic esters (lactones) is 1. The minimum atomic E-state index is -0.294. The van der Waals surface area contributed by atoms with E-state index in [0.29, 0.717) is 29.8 Å². The number of rotatable bonds is 6. The number of carbonyl (C=O) groups excluding carboxylic acids is 1. The summed E-state index contributed by atoms with van der Waals surface area (Å²) in [6, 6.07) is 0. The minimum Gasteiger partial charge on any atom is -0.500 e. The van der Waals surface area contributed by atoms with Crippen molar-refractivity contribution in [3.63, 3.8) is 0 Å². The molecule has 2 aliphatic heterocycles. The van der Waals surface area contributed by atoms with Gasteiger partial charge >= 0.3 is 5.97 Å². The van der Waals surface area contributed by atoms with Crippen LogP contribution in [-0.2, 0) is 19.0 Å². The van der Waals surface area contributed by atoms with Gasteiger partial charge in [-0.15, -0.1) is 0 Å². The van der Waals surface area contributed by atoms with Gasteiger partial charge in [-0.2, -0.15) is 0 Å². The quantitative estimate of drug-likeness (QED) is 0.495. The largest absolute Gasteiger partial charge is 0.500 e. The number of hydrogen-bond acceptors (Lipinski definition) is 4. The normalized spacial score (nSPS) is 31.9. The summed E-state index contributed by atoms with van der Waals surface area (Å²) in [6.45, 7) is 10.5. The first-order valence-electron chi connectivity index (χ1n) is 9.82. The fourth-order valence-electron chi connectivity index (χ4n) is 3.78. The van der Waals surface area contributed by atoms with Crippen LogP contribution in [0, 0.1) is 11.8 Å². The Morgan fingerprint density at radius 3 is 2.77 bits per heavy atom. The van der Waals surface area contributed by atoms with Crippen molar-refractivity contribution in [1.29, 1.82) is 0 Å². The van der Waals surface area contributed by atoms with Crippen LogP contribution >= 0.6 is 0 Å². The van der Waals surface area contributed by atoms with Gasteiger partial charge in [0.1, 0.15) is 11.9 Å². The summed E-state index contributed by atoms with van der Waals surface area (Å²) in [4.78, 5) is 11.9. The van der Waals surface area contributed by atoms with E-state index in [1.807, 2.05) is 6.08 Å². The third kappa shape index (κ3) is 5.23. The molecule has 4 nitrogen and oxygen atoms in total. The molecule has 2 aliphatic rings. The van der Waals surface area contributed by atoms with E-state index in [-0.39, 0.29) is 24.1 Å². The third-order valence-electron chi connectivity index (χ3n) is 5.54. The van der Waals surface area contributed by atoms with Crippen molar-refractivity contribution in [3.8, 4) is 0 Å². The Labute approximate surface area is 158 Å². The zero-order chi connectivity index (χ0) is 19.3. The molecule has 0 amide bonds. The van der Waals surface area contributed by atoms with E-state index >= 15 is 0 Å². The molecule has 0 aliphatic carbocycles. The van der Waals surface area contributed by atoms with Crippen LogP contribution in [0.5, 0.6) is 0 Å². The van der Waals surface area contributed by atoms with Gasteiger partial charge in [-0.1, -0.05) is 32.9 Å². The monoisotopic (exact) mass is 362 g/mol. The van der Waals surface area contributed by atoms with Crippen LogP contribution < -0.4 is 0 Å². The van der Waals surface area contributed by atoms with Gasteiger partial charge in [0, 0.05) is 6.42 Å². The van der Waals surface area contributed by atoms with Crippen LogP contribution in [0.15, 0.2) is 35.1 Å². The number of hydrogen-bond donors (Lipinski definition) is 0. The molecule has 0 N–H and O–H groups in total. The number of esters is 1. The minimum absolute atomic E-state index is 0.227. The highest BCUT2D eigenvalue weighted by Crippen LogP contribution is 2.30. The molecule has 0 bridgehead atoms. The highest BCUT2D eigenvalue weighted by atomic mass is 16.6. The summed E-state index contributed by atoms with van der Waals surface area (Å²) >= 11 is 0. The third-order valence-corrected chi connectivity index (χ3v) is 5.54. The average molecular weight is 363 g/mol. The zero-order valence-corrected chi connectivity index (χ0v) is 17.1. The van der Waals surface area contributed by atoms with Crippen molar-refractivity contribution < 1.29 is 19.0 Å². The highest BCUT2D eigenvalue weighted by Gasteiger charge is 2.28. The number of methoxy groups -OCH3 is 1. The summed E-state index contributed by atoms with van der Waals surface area (Å²) in [5, 5.41) is 0. The maximum Gasteiger partial charge on any atom is 0.337 e. The first-order valence-corrected chi connectivity index (χ1v) is 9.82.